The van der Waals surface area contributed by atoms with E-state index in [1.165, 1.54) is 11.3 Å². The molecule has 0 fully saturated rings. The summed E-state index contributed by atoms with van der Waals surface area (Å²) in [6, 6.07) is 0. The first-order chi connectivity index (χ1) is 4.75. The van der Waals surface area contributed by atoms with Gasteiger partial charge in [0.15, 0.2) is 0 Å². The predicted octanol–water partition coefficient (Wildman–Crippen LogP) is 2.77. The Morgan fingerprint density at radius 3 is 2.70 bits per heavy atom. The van der Waals surface area contributed by atoms with Crippen molar-refractivity contribution in [2.75, 3.05) is 7.05 Å². The molecule has 4 heteroatoms. The molecule has 0 aliphatic rings. The molecular formula is C6H7Cl2NS. The van der Waals surface area contributed by atoms with Crippen molar-refractivity contribution in [3.8, 4) is 0 Å². The highest BCUT2D eigenvalue weighted by molar-refractivity contribution is 7.15. The zero-order chi connectivity index (χ0) is 7.56. The summed E-state index contributed by atoms with van der Waals surface area (Å²) in [7, 11) is 1.88. The standard InChI is InChI=1S/C6H7Cl2NS/c1-9-2-4-3-10-6(8)5(4)7/h3,9H,2H2,1H3. The van der Waals surface area contributed by atoms with Gasteiger partial charge >= 0.3 is 0 Å². The third kappa shape index (κ3) is 1.64. The number of thiophene rings is 1. The van der Waals surface area contributed by atoms with Gasteiger partial charge in [-0.05, 0) is 18.0 Å². The van der Waals surface area contributed by atoms with Gasteiger partial charge in [0.1, 0.15) is 4.34 Å². The average molecular weight is 196 g/mol. The van der Waals surface area contributed by atoms with Crippen molar-refractivity contribution in [1.82, 2.24) is 5.32 Å². The molecule has 56 valence electrons. The molecule has 0 aliphatic heterocycles. The molecule has 1 rings (SSSR count). The van der Waals surface area contributed by atoms with E-state index in [0.717, 1.165) is 12.1 Å². The van der Waals surface area contributed by atoms with Crippen molar-refractivity contribution < 1.29 is 0 Å². The van der Waals surface area contributed by atoms with Crippen LogP contribution in [0.5, 0.6) is 0 Å². The molecule has 0 amide bonds. The fraction of sp³-hybridized carbons (Fsp3) is 0.333. The zero-order valence-corrected chi connectivity index (χ0v) is 7.78. The van der Waals surface area contributed by atoms with E-state index in [9.17, 15) is 0 Å². The first-order valence-electron chi connectivity index (χ1n) is 2.81. The quantitative estimate of drug-likeness (QED) is 0.766. The Bertz CT molecular complexity index is 222. The van der Waals surface area contributed by atoms with Gasteiger partial charge in [-0.3, -0.25) is 0 Å². The Labute approximate surface area is 74.0 Å². The highest BCUT2D eigenvalue weighted by Crippen LogP contribution is 2.31. The third-order valence-electron chi connectivity index (χ3n) is 1.13. The van der Waals surface area contributed by atoms with Gasteiger partial charge in [-0.15, -0.1) is 11.3 Å². The van der Waals surface area contributed by atoms with Gasteiger partial charge in [0, 0.05) is 6.54 Å². The molecule has 1 nitrogen and oxygen atoms in total. The molecule has 1 aromatic heterocycles. The molecule has 0 aromatic carbocycles. The molecule has 0 aliphatic carbocycles. The lowest BCUT2D eigenvalue weighted by molar-refractivity contribution is 0.821. The Balaban J connectivity index is 2.83. The van der Waals surface area contributed by atoms with Gasteiger partial charge in [-0.2, -0.15) is 0 Å². The van der Waals surface area contributed by atoms with Crippen molar-refractivity contribution in [2.24, 2.45) is 0 Å². The second kappa shape index (κ2) is 3.58. The molecule has 0 unspecified atom stereocenters. The van der Waals surface area contributed by atoms with Crippen LogP contribution in [0.3, 0.4) is 0 Å². The minimum Gasteiger partial charge on any atom is -0.316 e. The summed E-state index contributed by atoms with van der Waals surface area (Å²) in [5.41, 5.74) is 1.07. The van der Waals surface area contributed by atoms with E-state index in [4.69, 9.17) is 23.2 Å². The van der Waals surface area contributed by atoms with Crippen molar-refractivity contribution in [3.05, 3.63) is 20.3 Å². The van der Waals surface area contributed by atoms with Crippen LogP contribution in [0, 0.1) is 0 Å². The number of hydrogen-bond acceptors (Lipinski definition) is 2. The summed E-state index contributed by atoms with van der Waals surface area (Å²) < 4.78 is 0.673. The molecule has 10 heavy (non-hydrogen) atoms. The Kier molecular flexibility index (Phi) is 2.98. The van der Waals surface area contributed by atoms with E-state index in [1.54, 1.807) is 0 Å². The van der Waals surface area contributed by atoms with Gasteiger partial charge in [0.05, 0.1) is 5.02 Å². The lowest BCUT2D eigenvalue weighted by atomic mass is 10.3. The minimum absolute atomic E-state index is 0.673. The van der Waals surface area contributed by atoms with Gasteiger partial charge in [-0.25, -0.2) is 0 Å². The van der Waals surface area contributed by atoms with Crippen LogP contribution in [-0.4, -0.2) is 7.05 Å². The smallest absolute Gasteiger partial charge is 0.112 e. The van der Waals surface area contributed by atoms with Gasteiger partial charge in [0.25, 0.3) is 0 Å². The maximum Gasteiger partial charge on any atom is 0.112 e. The monoisotopic (exact) mass is 195 g/mol. The fourth-order valence-electron chi connectivity index (χ4n) is 0.662. The van der Waals surface area contributed by atoms with Gasteiger partial charge < -0.3 is 5.32 Å². The summed E-state index contributed by atoms with van der Waals surface area (Å²) in [4.78, 5) is 0. The number of nitrogens with one attached hydrogen (secondary N) is 1. The Hall–Kier alpha value is 0.240. The Morgan fingerprint density at radius 2 is 2.30 bits per heavy atom. The maximum absolute atomic E-state index is 5.83. The molecule has 1 aromatic rings. The number of rotatable bonds is 2. The summed E-state index contributed by atoms with van der Waals surface area (Å²) in [5, 5.41) is 5.64. The Morgan fingerprint density at radius 1 is 1.60 bits per heavy atom. The second-order valence-electron chi connectivity index (χ2n) is 1.88. The topological polar surface area (TPSA) is 12.0 Å². The van der Waals surface area contributed by atoms with E-state index in [1.807, 2.05) is 12.4 Å². The average Bonchev–Trinajstić information content (AvgIpc) is 2.20. The van der Waals surface area contributed by atoms with E-state index < -0.39 is 0 Å². The summed E-state index contributed by atoms with van der Waals surface area (Å²) >= 11 is 13.0. The van der Waals surface area contributed by atoms with E-state index in [0.29, 0.717) is 9.36 Å². The molecule has 0 saturated carbocycles. The zero-order valence-electron chi connectivity index (χ0n) is 5.45. The van der Waals surface area contributed by atoms with Crippen LogP contribution in [-0.2, 0) is 6.54 Å². The van der Waals surface area contributed by atoms with Crippen molar-refractivity contribution in [1.29, 1.82) is 0 Å². The summed E-state index contributed by atoms with van der Waals surface area (Å²) in [5.74, 6) is 0. The minimum atomic E-state index is 0.673. The van der Waals surface area contributed by atoms with Crippen LogP contribution in [0.1, 0.15) is 5.56 Å². The van der Waals surface area contributed by atoms with Crippen molar-refractivity contribution in [3.63, 3.8) is 0 Å². The predicted molar refractivity (Wildman–Crippen MR) is 47.1 cm³/mol. The van der Waals surface area contributed by atoms with Crippen LogP contribution < -0.4 is 5.32 Å². The second-order valence-corrected chi connectivity index (χ2v) is 3.74. The van der Waals surface area contributed by atoms with Crippen LogP contribution in [0.4, 0.5) is 0 Å². The highest BCUT2D eigenvalue weighted by Gasteiger charge is 2.05. The number of halogens is 2. The van der Waals surface area contributed by atoms with E-state index in [-0.39, 0.29) is 0 Å². The lowest BCUT2D eigenvalue weighted by Gasteiger charge is -1.94. The molecule has 0 radical (unpaired) electrons. The molecule has 0 spiro atoms. The van der Waals surface area contributed by atoms with Crippen molar-refractivity contribution in [2.45, 2.75) is 6.54 Å². The first-order valence-corrected chi connectivity index (χ1v) is 4.45. The van der Waals surface area contributed by atoms with Crippen LogP contribution in [0.2, 0.25) is 9.36 Å². The normalized spacial score (nSPS) is 10.3. The first kappa shape index (κ1) is 8.34. The molecule has 1 heterocycles. The van der Waals surface area contributed by atoms with Gasteiger partial charge in [-0.1, -0.05) is 23.2 Å². The fourth-order valence-corrected chi connectivity index (χ4v) is 1.92. The van der Waals surface area contributed by atoms with Crippen LogP contribution in [0.25, 0.3) is 0 Å². The van der Waals surface area contributed by atoms with Crippen LogP contribution >= 0.6 is 34.5 Å². The van der Waals surface area contributed by atoms with Gasteiger partial charge in [0.2, 0.25) is 0 Å². The van der Waals surface area contributed by atoms with Crippen molar-refractivity contribution >= 4 is 34.5 Å². The molecule has 0 saturated heterocycles. The molecule has 1 N–H and O–H groups in total. The van der Waals surface area contributed by atoms with E-state index in [2.05, 4.69) is 5.32 Å². The summed E-state index contributed by atoms with van der Waals surface area (Å²) in [6.45, 7) is 0.780. The van der Waals surface area contributed by atoms with Crippen LogP contribution in [0.15, 0.2) is 5.38 Å². The molecule has 0 bridgehead atoms. The molecule has 0 atom stereocenters. The SMILES string of the molecule is CNCc1csc(Cl)c1Cl. The summed E-state index contributed by atoms with van der Waals surface area (Å²) in [6.07, 6.45) is 0. The maximum atomic E-state index is 5.83. The largest absolute Gasteiger partial charge is 0.316 e. The number of hydrogen-bond donors (Lipinski definition) is 1. The van der Waals surface area contributed by atoms with E-state index >= 15 is 0 Å². The third-order valence-corrected chi connectivity index (χ3v) is 3.04. The lowest BCUT2D eigenvalue weighted by Crippen LogP contribution is -2.03. The highest BCUT2D eigenvalue weighted by atomic mass is 35.5. The molecular weight excluding hydrogens is 189 g/mol.